The number of nitrogens with one attached hydrogen (secondary N) is 2. The lowest BCUT2D eigenvalue weighted by Crippen LogP contribution is -2.47. The number of benzene rings is 1. The van der Waals surface area contributed by atoms with Crippen LogP contribution in [0.2, 0.25) is 0 Å². The minimum absolute atomic E-state index is 0.0912. The molecule has 0 bridgehead atoms. The average Bonchev–Trinajstić information content (AvgIpc) is 3.31. The van der Waals surface area contributed by atoms with Gasteiger partial charge in [-0.15, -0.1) is 0 Å². The summed E-state index contributed by atoms with van der Waals surface area (Å²) < 4.78 is 21.7. The minimum Gasteiger partial charge on any atom is -0.454 e. The Kier molecular flexibility index (Phi) is 8.16. The predicted molar refractivity (Wildman–Crippen MR) is 116 cm³/mol. The van der Waals surface area contributed by atoms with Crippen molar-refractivity contribution >= 4 is 11.8 Å². The summed E-state index contributed by atoms with van der Waals surface area (Å²) in [6.45, 7) is 8.00. The first-order valence-corrected chi connectivity index (χ1v) is 11.3. The SMILES string of the molecule is O=C(NCCCN1CCOCC1)C(=O)NC[C@@H](c1ccc2c(c1)OCO2)N1CCOCC1. The third-order valence-electron chi connectivity index (χ3n) is 5.97. The molecule has 1 atom stereocenters. The summed E-state index contributed by atoms with van der Waals surface area (Å²) in [4.78, 5) is 29.2. The Morgan fingerprint density at radius 3 is 2.38 bits per heavy atom. The van der Waals surface area contributed by atoms with Crippen LogP contribution in [-0.4, -0.2) is 101 Å². The van der Waals surface area contributed by atoms with E-state index in [1.54, 1.807) is 0 Å². The van der Waals surface area contributed by atoms with E-state index in [0.717, 1.165) is 63.7 Å². The molecule has 176 valence electrons. The van der Waals surface area contributed by atoms with Crippen molar-refractivity contribution in [2.24, 2.45) is 0 Å². The molecule has 0 saturated carbocycles. The maximum absolute atomic E-state index is 12.4. The van der Waals surface area contributed by atoms with Crippen molar-refractivity contribution in [1.29, 1.82) is 0 Å². The maximum atomic E-state index is 12.4. The zero-order valence-electron chi connectivity index (χ0n) is 18.3. The molecule has 1 aromatic rings. The molecule has 0 spiro atoms. The first kappa shape index (κ1) is 22.8. The van der Waals surface area contributed by atoms with Gasteiger partial charge in [0.1, 0.15) is 0 Å². The van der Waals surface area contributed by atoms with Crippen molar-refractivity contribution in [3.05, 3.63) is 23.8 Å². The molecular weight excluding hydrogens is 416 g/mol. The third-order valence-corrected chi connectivity index (χ3v) is 5.97. The van der Waals surface area contributed by atoms with E-state index in [4.69, 9.17) is 18.9 Å². The molecule has 0 aliphatic carbocycles. The van der Waals surface area contributed by atoms with Crippen molar-refractivity contribution in [1.82, 2.24) is 20.4 Å². The van der Waals surface area contributed by atoms with Crippen molar-refractivity contribution in [2.45, 2.75) is 12.5 Å². The number of hydrogen-bond acceptors (Lipinski definition) is 8. The molecule has 2 saturated heterocycles. The van der Waals surface area contributed by atoms with Gasteiger partial charge in [-0.2, -0.15) is 0 Å². The molecule has 10 heteroatoms. The predicted octanol–water partition coefficient (Wildman–Crippen LogP) is -0.257. The topological polar surface area (TPSA) is 102 Å². The standard InChI is InChI=1S/C22H32N4O6/c27-21(23-4-1-5-25-6-10-29-11-7-25)22(28)24-15-18(26-8-12-30-13-9-26)17-2-3-19-20(14-17)32-16-31-19/h2-3,14,18H,1,4-13,15-16H2,(H,23,27)(H,24,28)/t18-/m0/s1. The number of amides is 2. The van der Waals surface area contributed by atoms with Crippen LogP contribution in [0.25, 0.3) is 0 Å². The third kappa shape index (κ3) is 6.10. The van der Waals surface area contributed by atoms with Gasteiger partial charge in [0.05, 0.1) is 32.5 Å². The number of morpholine rings is 2. The number of hydrogen-bond donors (Lipinski definition) is 2. The lowest BCUT2D eigenvalue weighted by atomic mass is 10.0. The fourth-order valence-electron chi connectivity index (χ4n) is 4.15. The van der Waals surface area contributed by atoms with E-state index in [0.29, 0.717) is 32.1 Å². The Morgan fingerprint density at radius 2 is 1.59 bits per heavy atom. The van der Waals surface area contributed by atoms with Gasteiger partial charge in [0.2, 0.25) is 6.79 Å². The molecule has 2 fully saturated rings. The Labute approximate surface area is 188 Å². The number of carbonyl (C=O) groups excluding carboxylic acids is 2. The van der Waals surface area contributed by atoms with Crippen LogP contribution < -0.4 is 20.1 Å². The van der Waals surface area contributed by atoms with Crippen LogP contribution in [0, 0.1) is 0 Å². The first-order valence-electron chi connectivity index (χ1n) is 11.3. The van der Waals surface area contributed by atoms with Gasteiger partial charge in [0, 0.05) is 39.3 Å². The molecule has 1 aromatic carbocycles. The van der Waals surface area contributed by atoms with Crippen LogP contribution in [0.1, 0.15) is 18.0 Å². The van der Waals surface area contributed by atoms with E-state index in [9.17, 15) is 9.59 Å². The fraction of sp³-hybridized carbons (Fsp3) is 0.636. The Morgan fingerprint density at radius 1 is 0.906 bits per heavy atom. The molecular formula is C22H32N4O6. The van der Waals surface area contributed by atoms with Gasteiger partial charge in [-0.1, -0.05) is 6.07 Å². The quantitative estimate of drug-likeness (QED) is 0.415. The molecule has 4 rings (SSSR count). The summed E-state index contributed by atoms with van der Waals surface area (Å²) in [6.07, 6.45) is 0.798. The second-order valence-electron chi connectivity index (χ2n) is 8.05. The van der Waals surface area contributed by atoms with Crippen LogP contribution in [0.4, 0.5) is 0 Å². The molecule has 32 heavy (non-hydrogen) atoms. The second kappa shape index (κ2) is 11.5. The molecule has 2 amide bonds. The number of ether oxygens (including phenoxy) is 4. The minimum atomic E-state index is -0.615. The normalized spacial score (nSPS) is 20.0. The molecule has 0 aromatic heterocycles. The highest BCUT2D eigenvalue weighted by Crippen LogP contribution is 2.35. The number of nitrogens with zero attached hydrogens (tertiary/aromatic N) is 2. The highest BCUT2D eigenvalue weighted by atomic mass is 16.7. The number of fused-ring (bicyclic) bond motifs is 1. The zero-order valence-corrected chi connectivity index (χ0v) is 18.3. The van der Waals surface area contributed by atoms with E-state index < -0.39 is 11.8 Å². The molecule has 0 unspecified atom stereocenters. The first-order chi connectivity index (χ1) is 15.7. The van der Waals surface area contributed by atoms with Gasteiger partial charge in [-0.3, -0.25) is 19.4 Å². The fourth-order valence-corrected chi connectivity index (χ4v) is 4.15. The largest absolute Gasteiger partial charge is 0.454 e. The molecule has 3 aliphatic rings. The second-order valence-corrected chi connectivity index (χ2v) is 8.05. The van der Waals surface area contributed by atoms with E-state index in [1.165, 1.54) is 0 Å². The van der Waals surface area contributed by atoms with Gasteiger partial charge < -0.3 is 29.6 Å². The summed E-state index contributed by atoms with van der Waals surface area (Å²) in [5.74, 6) is 0.203. The molecule has 3 heterocycles. The van der Waals surface area contributed by atoms with E-state index in [1.807, 2.05) is 18.2 Å². The Balaban J connectivity index is 1.27. The average molecular weight is 449 g/mol. The van der Waals surface area contributed by atoms with Crippen LogP contribution in [0.3, 0.4) is 0 Å². The van der Waals surface area contributed by atoms with Crippen molar-refractivity contribution in [2.75, 3.05) is 79.0 Å². The molecule has 10 nitrogen and oxygen atoms in total. The van der Waals surface area contributed by atoms with Crippen LogP contribution in [0.5, 0.6) is 11.5 Å². The highest BCUT2D eigenvalue weighted by molar-refractivity contribution is 6.35. The molecule has 3 aliphatic heterocycles. The van der Waals surface area contributed by atoms with Crippen LogP contribution >= 0.6 is 0 Å². The summed E-state index contributed by atoms with van der Waals surface area (Å²) in [5, 5.41) is 5.52. The maximum Gasteiger partial charge on any atom is 0.309 e. The van der Waals surface area contributed by atoms with Gasteiger partial charge >= 0.3 is 11.8 Å². The Bertz CT molecular complexity index is 780. The summed E-state index contributed by atoms with van der Waals surface area (Å²) in [5.41, 5.74) is 1.00. The van der Waals surface area contributed by atoms with Crippen molar-refractivity contribution < 1.29 is 28.5 Å². The number of carbonyl (C=O) groups is 2. The van der Waals surface area contributed by atoms with E-state index in [2.05, 4.69) is 20.4 Å². The van der Waals surface area contributed by atoms with E-state index in [-0.39, 0.29) is 12.8 Å². The zero-order chi connectivity index (χ0) is 22.2. The van der Waals surface area contributed by atoms with Gasteiger partial charge in [-0.25, -0.2) is 0 Å². The summed E-state index contributed by atoms with van der Waals surface area (Å²) in [6, 6.07) is 5.71. The van der Waals surface area contributed by atoms with Gasteiger partial charge in [0.25, 0.3) is 0 Å². The monoisotopic (exact) mass is 448 g/mol. The summed E-state index contributed by atoms with van der Waals surface area (Å²) >= 11 is 0. The number of rotatable bonds is 8. The highest BCUT2D eigenvalue weighted by Gasteiger charge is 2.26. The molecule has 0 radical (unpaired) electrons. The van der Waals surface area contributed by atoms with Crippen molar-refractivity contribution in [3.8, 4) is 11.5 Å². The summed E-state index contributed by atoms with van der Waals surface area (Å²) in [7, 11) is 0. The molecule has 2 N–H and O–H groups in total. The van der Waals surface area contributed by atoms with Crippen molar-refractivity contribution in [3.63, 3.8) is 0 Å². The van der Waals surface area contributed by atoms with Gasteiger partial charge in [-0.05, 0) is 30.7 Å². The van der Waals surface area contributed by atoms with Crippen LogP contribution in [0.15, 0.2) is 18.2 Å². The lowest BCUT2D eigenvalue weighted by Gasteiger charge is -2.35. The smallest absolute Gasteiger partial charge is 0.309 e. The lowest BCUT2D eigenvalue weighted by molar-refractivity contribution is -0.139. The van der Waals surface area contributed by atoms with Crippen LogP contribution in [-0.2, 0) is 19.1 Å². The Hall–Kier alpha value is -2.40. The van der Waals surface area contributed by atoms with Gasteiger partial charge in [0.15, 0.2) is 11.5 Å². The van der Waals surface area contributed by atoms with E-state index >= 15 is 0 Å².